The van der Waals surface area contributed by atoms with E-state index in [0.717, 1.165) is 5.75 Å². The third kappa shape index (κ3) is 1.91. The summed E-state index contributed by atoms with van der Waals surface area (Å²) < 4.78 is 27.3. The second-order valence-electron chi connectivity index (χ2n) is 3.46. The van der Waals surface area contributed by atoms with Gasteiger partial charge in [-0.25, -0.2) is 13.4 Å². The molecule has 0 amide bonds. The second kappa shape index (κ2) is 3.80. The van der Waals surface area contributed by atoms with Gasteiger partial charge in [-0.15, -0.1) is 11.8 Å². The molecule has 0 N–H and O–H groups in total. The third-order valence-corrected chi connectivity index (χ3v) is 5.47. The van der Waals surface area contributed by atoms with E-state index < -0.39 is 10.0 Å². The predicted molar refractivity (Wildman–Crippen MR) is 59.0 cm³/mol. The number of sulfonamides is 1. The molecule has 0 bridgehead atoms. The van der Waals surface area contributed by atoms with Gasteiger partial charge in [-0.3, -0.25) is 0 Å². The lowest BCUT2D eigenvalue weighted by atomic mass is 10.7. The van der Waals surface area contributed by atoms with Crippen LogP contribution in [0.25, 0.3) is 0 Å². The molecule has 1 aliphatic heterocycles. The molecule has 0 radical (unpaired) electrons. The third-order valence-electron chi connectivity index (χ3n) is 2.33. The molecule has 0 saturated carbocycles. The van der Waals surface area contributed by atoms with E-state index in [-0.39, 0.29) is 10.4 Å². The number of thioether (sulfide) groups is 1. The Morgan fingerprint density at radius 2 is 2.33 bits per heavy atom. The van der Waals surface area contributed by atoms with Gasteiger partial charge in [-0.2, -0.15) is 4.31 Å². The van der Waals surface area contributed by atoms with E-state index in [1.54, 1.807) is 23.4 Å². The molecule has 0 aromatic carbocycles. The maximum Gasteiger partial charge on any atom is 0.263 e. The summed E-state index contributed by atoms with van der Waals surface area (Å²) in [6.45, 7) is 2.48. The fraction of sp³-hybridized carbons (Fsp3) is 0.625. The van der Waals surface area contributed by atoms with Crippen molar-refractivity contribution < 1.29 is 8.42 Å². The Hall–Kier alpha value is -0.530. The molecular weight excluding hydrogens is 234 g/mol. The van der Waals surface area contributed by atoms with Gasteiger partial charge in [0.1, 0.15) is 0 Å². The highest BCUT2D eigenvalue weighted by Gasteiger charge is 2.34. The van der Waals surface area contributed by atoms with Crippen molar-refractivity contribution in [3.63, 3.8) is 0 Å². The van der Waals surface area contributed by atoms with E-state index in [1.807, 2.05) is 6.92 Å². The van der Waals surface area contributed by atoms with E-state index in [4.69, 9.17) is 0 Å². The first-order chi connectivity index (χ1) is 7.01. The molecule has 0 aliphatic carbocycles. The number of hydrogen-bond donors (Lipinski definition) is 0. The summed E-state index contributed by atoms with van der Waals surface area (Å²) in [5.74, 6) is 0.854. The van der Waals surface area contributed by atoms with Crippen molar-refractivity contribution in [1.82, 2.24) is 13.9 Å². The highest BCUT2D eigenvalue weighted by molar-refractivity contribution is 8.01. The van der Waals surface area contributed by atoms with Crippen LogP contribution in [0.4, 0.5) is 0 Å². The molecule has 1 fully saturated rings. The van der Waals surface area contributed by atoms with Crippen LogP contribution >= 0.6 is 11.8 Å². The van der Waals surface area contributed by atoms with Crippen molar-refractivity contribution in [3.8, 4) is 0 Å². The average molecular weight is 247 g/mol. The summed E-state index contributed by atoms with van der Waals surface area (Å²) in [6, 6.07) is 0. The fourth-order valence-electron chi connectivity index (χ4n) is 1.54. The topological polar surface area (TPSA) is 55.2 Å². The summed E-state index contributed by atoms with van der Waals surface area (Å²) in [6.07, 6.45) is 3.03. The standard InChI is InChI=1S/C8H13N3O2S2/c1-7-11(3-4-14-7)15(12,13)8-5-10(2)6-9-8/h5-7H,3-4H2,1-2H3. The molecule has 1 aromatic heterocycles. The second-order valence-corrected chi connectivity index (χ2v) is 6.72. The van der Waals surface area contributed by atoms with Crippen LogP contribution < -0.4 is 0 Å². The molecule has 5 nitrogen and oxygen atoms in total. The van der Waals surface area contributed by atoms with E-state index >= 15 is 0 Å². The number of aryl methyl sites for hydroxylation is 1. The van der Waals surface area contributed by atoms with Crippen molar-refractivity contribution in [2.24, 2.45) is 7.05 Å². The van der Waals surface area contributed by atoms with E-state index in [9.17, 15) is 8.42 Å². The zero-order valence-corrected chi connectivity index (χ0v) is 10.3. The number of imidazole rings is 1. The fourth-order valence-corrected chi connectivity index (χ4v) is 4.53. The Balaban J connectivity index is 2.34. The molecule has 1 aromatic rings. The van der Waals surface area contributed by atoms with Gasteiger partial charge in [0.05, 0.1) is 11.7 Å². The molecule has 2 heterocycles. The molecule has 15 heavy (non-hydrogen) atoms. The van der Waals surface area contributed by atoms with Gasteiger partial charge in [0.25, 0.3) is 10.0 Å². The van der Waals surface area contributed by atoms with Crippen LogP contribution in [-0.4, -0.2) is 39.9 Å². The molecule has 1 atom stereocenters. The summed E-state index contributed by atoms with van der Waals surface area (Å²) in [5.41, 5.74) is 0. The minimum absolute atomic E-state index is 0.0111. The Morgan fingerprint density at radius 3 is 2.80 bits per heavy atom. The van der Waals surface area contributed by atoms with Gasteiger partial charge < -0.3 is 4.57 Å². The van der Waals surface area contributed by atoms with Crippen molar-refractivity contribution in [3.05, 3.63) is 12.5 Å². The molecule has 1 unspecified atom stereocenters. The lowest BCUT2D eigenvalue weighted by Gasteiger charge is -2.18. The molecule has 2 rings (SSSR count). The molecule has 84 valence electrons. The van der Waals surface area contributed by atoms with Gasteiger partial charge in [-0.1, -0.05) is 0 Å². The van der Waals surface area contributed by atoms with Crippen molar-refractivity contribution in [2.45, 2.75) is 17.3 Å². The number of hydrogen-bond acceptors (Lipinski definition) is 4. The SMILES string of the molecule is CC1SCCN1S(=O)(=O)c1cn(C)cn1. The van der Waals surface area contributed by atoms with Gasteiger partial charge >= 0.3 is 0 Å². The van der Waals surface area contributed by atoms with Crippen LogP contribution in [-0.2, 0) is 17.1 Å². The van der Waals surface area contributed by atoms with Crippen molar-refractivity contribution in [2.75, 3.05) is 12.3 Å². The summed E-state index contributed by atoms with van der Waals surface area (Å²) in [7, 11) is -1.63. The number of nitrogens with zero attached hydrogens (tertiary/aromatic N) is 3. The zero-order chi connectivity index (χ0) is 11.1. The van der Waals surface area contributed by atoms with Crippen LogP contribution in [0.2, 0.25) is 0 Å². The first kappa shape index (κ1) is 11.0. The monoisotopic (exact) mass is 247 g/mol. The molecular formula is C8H13N3O2S2. The Labute approximate surface area is 93.5 Å². The van der Waals surface area contributed by atoms with Gasteiger partial charge in [0.2, 0.25) is 0 Å². The molecule has 1 aliphatic rings. The lowest BCUT2D eigenvalue weighted by molar-refractivity contribution is 0.440. The van der Waals surface area contributed by atoms with Crippen LogP contribution in [0, 0.1) is 0 Å². The van der Waals surface area contributed by atoms with Gasteiger partial charge in [0.15, 0.2) is 5.03 Å². The van der Waals surface area contributed by atoms with Gasteiger partial charge in [0, 0.05) is 25.5 Å². The van der Waals surface area contributed by atoms with E-state index in [1.165, 1.54) is 16.8 Å². The minimum Gasteiger partial charge on any atom is -0.339 e. The van der Waals surface area contributed by atoms with E-state index in [2.05, 4.69) is 4.98 Å². The minimum atomic E-state index is -3.39. The maximum atomic E-state index is 12.1. The summed E-state index contributed by atoms with van der Waals surface area (Å²) in [4.78, 5) is 3.89. The number of aromatic nitrogens is 2. The molecule has 7 heteroatoms. The van der Waals surface area contributed by atoms with Gasteiger partial charge in [-0.05, 0) is 6.92 Å². The first-order valence-corrected chi connectivity index (χ1v) is 7.12. The summed E-state index contributed by atoms with van der Waals surface area (Å²) >= 11 is 1.65. The normalized spacial score (nSPS) is 23.5. The molecule has 0 spiro atoms. The van der Waals surface area contributed by atoms with Crippen LogP contribution in [0.15, 0.2) is 17.6 Å². The Morgan fingerprint density at radius 1 is 1.60 bits per heavy atom. The highest BCUT2D eigenvalue weighted by atomic mass is 32.2. The Bertz CT molecular complexity index is 454. The maximum absolute atomic E-state index is 12.1. The Kier molecular flexibility index (Phi) is 2.78. The molecule has 1 saturated heterocycles. The van der Waals surface area contributed by atoms with E-state index in [0.29, 0.717) is 6.54 Å². The van der Waals surface area contributed by atoms with Crippen LogP contribution in [0.1, 0.15) is 6.92 Å². The van der Waals surface area contributed by atoms with Crippen molar-refractivity contribution >= 4 is 21.8 Å². The number of rotatable bonds is 2. The smallest absolute Gasteiger partial charge is 0.263 e. The zero-order valence-electron chi connectivity index (χ0n) is 8.62. The van der Waals surface area contributed by atoms with Crippen LogP contribution in [0.5, 0.6) is 0 Å². The summed E-state index contributed by atoms with van der Waals surface area (Å²) in [5, 5.41) is 0.149. The van der Waals surface area contributed by atoms with Crippen molar-refractivity contribution in [1.29, 1.82) is 0 Å². The quantitative estimate of drug-likeness (QED) is 0.764. The van der Waals surface area contributed by atoms with Crippen LogP contribution in [0.3, 0.4) is 0 Å². The average Bonchev–Trinajstić information content (AvgIpc) is 2.74. The predicted octanol–water partition coefficient (Wildman–Crippen LogP) is 0.504. The largest absolute Gasteiger partial charge is 0.339 e. The first-order valence-electron chi connectivity index (χ1n) is 4.63. The lowest BCUT2D eigenvalue weighted by Crippen LogP contribution is -2.33. The highest BCUT2D eigenvalue weighted by Crippen LogP contribution is 2.28.